The van der Waals surface area contributed by atoms with E-state index in [0.29, 0.717) is 24.9 Å². The third-order valence-corrected chi connectivity index (χ3v) is 7.43. The molecule has 0 radical (unpaired) electrons. The lowest BCUT2D eigenvalue weighted by Gasteiger charge is -2.43. The molecule has 1 heterocycles. The number of nitrogens with zero attached hydrogens (tertiary/aromatic N) is 1. The molecule has 2 atom stereocenters. The third-order valence-electron chi connectivity index (χ3n) is 6.74. The number of carbonyl (C=O) groups excluding carboxylic acids is 1. The van der Waals surface area contributed by atoms with Gasteiger partial charge in [0.15, 0.2) is 9.84 Å². The summed E-state index contributed by atoms with van der Waals surface area (Å²) in [7, 11) is -3.11. The summed E-state index contributed by atoms with van der Waals surface area (Å²) in [6, 6.07) is 10.4. The summed E-state index contributed by atoms with van der Waals surface area (Å²) in [6.45, 7) is 1.22. The number of hydrogen-bond donors (Lipinski definition) is 1. The molecule has 1 aromatic carbocycles. The van der Waals surface area contributed by atoms with Gasteiger partial charge in [-0.3, -0.25) is 10.1 Å². The quantitative estimate of drug-likeness (QED) is 0.647. The first-order valence-corrected chi connectivity index (χ1v) is 13.3. The van der Waals surface area contributed by atoms with Gasteiger partial charge >= 0.3 is 0 Å². The van der Waals surface area contributed by atoms with Gasteiger partial charge in [0.2, 0.25) is 5.91 Å². The topological polar surface area (TPSA) is 75.7 Å². The first-order chi connectivity index (χ1) is 14.4. The summed E-state index contributed by atoms with van der Waals surface area (Å²) >= 11 is 0. The molecule has 1 aromatic rings. The van der Waals surface area contributed by atoms with Gasteiger partial charge in [-0.1, -0.05) is 30.3 Å². The van der Waals surface area contributed by atoms with E-state index in [-0.39, 0.29) is 30.0 Å². The average molecular weight is 435 g/mol. The van der Waals surface area contributed by atoms with Gasteiger partial charge in [0.1, 0.15) is 0 Å². The molecule has 166 valence electrons. The minimum Gasteiger partial charge on any atom is -0.376 e. The van der Waals surface area contributed by atoms with Crippen LogP contribution in [0, 0.1) is 5.92 Å². The zero-order valence-corrected chi connectivity index (χ0v) is 18.6. The summed E-state index contributed by atoms with van der Waals surface area (Å²) in [5.41, 5.74) is 1.36. The molecule has 1 aliphatic heterocycles. The van der Waals surface area contributed by atoms with Crippen LogP contribution in [0.25, 0.3) is 0 Å². The maximum atomic E-state index is 12.9. The van der Waals surface area contributed by atoms with Gasteiger partial charge in [0, 0.05) is 25.3 Å². The molecule has 2 aliphatic carbocycles. The monoisotopic (exact) mass is 434 g/mol. The Kier molecular flexibility index (Phi) is 6.80. The van der Waals surface area contributed by atoms with Gasteiger partial charge in [0.05, 0.1) is 24.6 Å². The van der Waals surface area contributed by atoms with E-state index < -0.39 is 9.84 Å². The molecule has 3 fully saturated rings. The standard InChI is InChI=1S/C23H34N2O4S/c1-30(27,28)16-24-21-8-5-11-25(23(26)12-17-9-10-17)22(21)15-29-20-13-19(14-20)18-6-3-2-4-7-18/h2-4,6-7,17,19-22,24H,5,8-16H2,1H3/t19-,20+,21-,22-/m0/s1. The number of rotatable bonds is 9. The van der Waals surface area contributed by atoms with E-state index >= 15 is 0 Å². The van der Waals surface area contributed by atoms with Crippen molar-refractivity contribution < 1.29 is 17.9 Å². The number of amides is 1. The van der Waals surface area contributed by atoms with Crippen molar-refractivity contribution in [3.63, 3.8) is 0 Å². The Balaban J connectivity index is 1.35. The minimum atomic E-state index is -3.11. The van der Waals surface area contributed by atoms with Crippen LogP contribution in [-0.4, -0.2) is 62.7 Å². The summed E-state index contributed by atoms with van der Waals surface area (Å²) in [5.74, 6) is 1.24. The second kappa shape index (κ2) is 9.37. The zero-order valence-electron chi connectivity index (χ0n) is 17.8. The maximum Gasteiger partial charge on any atom is 0.223 e. The summed E-state index contributed by atoms with van der Waals surface area (Å²) in [5, 5.41) is 3.20. The first kappa shape index (κ1) is 21.8. The van der Waals surface area contributed by atoms with Crippen molar-refractivity contribution in [2.75, 3.05) is 25.3 Å². The van der Waals surface area contributed by atoms with Crippen LogP contribution in [0.2, 0.25) is 0 Å². The molecule has 1 amide bonds. The molecule has 2 saturated carbocycles. The van der Waals surface area contributed by atoms with Crippen LogP contribution >= 0.6 is 0 Å². The van der Waals surface area contributed by atoms with Crippen LogP contribution in [0.5, 0.6) is 0 Å². The molecule has 1 N–H and O–H groups in total. The van der Waals surface area contributed by atoms with Crippen molar-refractivity contribution in [3.8, 4) is 0 Å². The number of piperidine rings is 1. The van der Waals surface area contributed by atoms with E-state index in [4.69, 9.17) is 4.74 Å². The lowest BCUT2D eigenvalue weighted by molar-refractivity contribution is -0.139. The number of carbonyl (C=O) groups is 1. The van der Waals surface area contributed by atoms with Crippen LogP contribution in [-0.2, 0) is 19.4 Å². The zero-order chi connectivity index (χ0) is 21.1. The maximum absolute atomic E-state index is 12.9. The van der Waals surface area contributed by atoms with Gasteiger partial charge in [-0.05, 0) is 55.9 Å². The Labute approximate surface area is 180 Å². The largest absolute Gasteiger partial charge is 0.376 e. The van der Waals surface area contributed by atoms with Crippen molar-refractivity contribution in [2.45, 2.75) is 69.1 Å². The van der Waals surface area contributed by atoms with E-state index in [1.54, 1.807) is 0 Å². The Morgan fingerprint density at radius 3 is 2.57 bits per heavy atom. The normalized spacial score (nSPS) is 29.4. The highest BCUT2D eigenvalue weighted by atomic mass is 32.2. The molecule has 6 nitrogen and oxygen atoms in total. The summed E-state index contributed by atoms with van der Waals surface area (Å²) < 4.78 is 29.6. The van der Waals surface area contributed by atoms with Crippen LogP contribution in [0.1, 0.15) is 56.4 Å². The van der Waals surface area contributed by atoms with Gasteiger partial charge in [0.25, 0.3) is 0 Å². The average Bonchev–Trinajstić information content (AvgIpc) is 3.49. The van der Waals surface area contributed by atoms with E-state index in [2.05, 4.69) is 29.6 Å². The van der Waals surface area contributed by atoms with Gasteiger partial charge in [-0.2, -0.15) is 0 Å². The SMILES string of the molecule is CS(=O)(=O)CN[C@H]1CCCN(C(=O)CC2CC2)[C@H]1CO[C@H]1C[C@@H](c2ccccc2)C1. The number of likely N-dealkylation sites (tertiary alicyclic amines) is 1. The van der Waals surface area contributed by atoms with Crippen LogP contribution in [0.3, 0.4) is 0 Å². The molecule has 1 saturated heterocycles. The fraction of sp³-hybridized carbons (Fsp3) is 0.696. The Morgan fingerprint density at radius 1 is 1.17 bits per heavy atom. The van der Waals surface area contributed by atoms with Crippen molar-refractivity contribution in [1.82, 2.24) is 10.2 Å². The van der Waals surface area contributed by atoms with Crippen molar-refractivity contribution in [3.05, 3.63) is 35.9 Å². The lowest BCUT2D eigenvalue weighted by atomic mass is 9.77. The van der Waals surface area contributed by atoms with Crippen molar-refractivity contribution in [2.24, 2.45) is 5.92 Å². The van der Waals surface area contributed by atoms with Gasteiger partial charge in [-0.25, -0.2) is 8.42 Å². The van der Waals surface area contributed by atoms with E-state index in [1.165, 1.54) is 11.8 Å². The smallest absolute Gasteiger partial charge is 0.223 e. The van der Waals surface area contributed by atoms with E-state index in [0.717, 1.165) is 45.1 Å². The predicted octanol–water partition coefficient (Wildman–Crippen LogP) is 2.70. The minimum absolute atomic E-state index is 0.0402. The molecule has 30 heavy (non-hydrogen) atoms. The summed E-state index contributed by atoms with van der Waals surface area (Å²) in [6.07, 6.45) is 8.16. The molecule has 0 bridgehead atoms. The fourth-order valence-corrected chi connectivity index (χ4v) is 5.21. The molecule has 7 heteroatoms. The molecule has 0 unspecified atom stereocenters. The Bertz CT molecular complexity index is 819. The number of hydrogen-bond acceptors (Lipinski definition) is 5. The highest BCUT2D eigenvalue weighted by molar-refractivity contribution is 7.90. The Hall–Kier alpha value is -1.44. The molecule has 3 aliphatic rings. The molecule has 0 aromatic heterocycles. The fourth-order valence-electron chi connectivity index (χ4n) is 4.69. The number of sulfone groups is 1. The van der Waals surface area contributed by atoms with Crippen molar-refractivity contribution >= 4 is 15.7 Å². The van der Waals surface area contributed by atoms with Gasteiger partial charge < -0.3 is 9.64 Å². The van der Waals surface area contributed by atoms with Crippen LogP contribution < -0.4 is 5.32 Å². The first-order valence-electron chi connectivity index (χ1n) is 11.3. The molecular formula is C23H34N2O4S. The summed E-state index contributed by atoms with van der Waals surface area (Å²) in [4.78, 5) is 14.9. The van der Waals surface area contributed by atoms with E-state index in [1.807, 2.05) is 11.0 Å². The number of benzene rings is 1. The second-order valence-corrected chi connectivity index (χ2v) is 11.5. The lowest BCUT2D eigenvalue weighted by Crippen LogP contribution is -2.59. The second-order valence-electron chi connectivity index (χ2n) is 9.36. The predicted molar refractivity (Wildman–Crippen MR) is 117 cm³/mol. The Morgan fingerprint density at radius 2 is 1.90 bits per heavy atom. The van der Waals surface area contributed by atoms with Crippen LogP contribution in [0.4, 0.5) is 0 Å². The molecule has 4 rings (SSSR count). The number of nitrogens with one attached hydrogen (secondary N) is 1. The van der Waals surface area contributed by atoms with Crippen molar-refractivity contribution in [1.29, 1.82) is 0 Å². The number of ether oxygens (including phenoxy) is 1. The third kappa shape index (κ3) is 5.83. The van der Waals surface area contributed by atoms with E-state index in [9.17, 15) is 13.2 Å². The molecule has 0 spiro atoms. The molecular weight excluding hydrogens is 400 g/mol. The highest BCUT2D eigenvalue weighted by Crippen LogP contribution is 2.39. The van der Waals surface area contributed by atoms with Crippen LogP contribution in [0.15, 0.2) is 30.3 Å². The highest BCUT2D eigenvalue weighted by Gasteiger charge is 2.38. The van der Waals surface area contributed by atoms with Gasteiger partial charge in [-0.15, -0.1) is 0 Å².